The fourth-order valence-corrected chi connectivity index (χ4v) is 3.21. The summed E-state index contributed by atoms with van der Waals surface area (Å²) in [7, 11) is 0. The molecule has 1 N–H and O–H groups in total. The minimum absolute atomic E-state index is 0.942. The summed E-state index contributed by atoms with van der Waals surface area (Å²) in [5.74, 6) is 0. The van der Waals surface area contributed by atoms with Gasteiger partial charge in [-0.2, -0.15) is 0 Å². The van der Waals surface area contributed by atoms with Gasteiger partial charge in [0.1, 0.15) is 0 Å². The molecule has 0 aliphatic heterocycles. The quantitative estimate of drug-likeness (QED) is 0.637. The molecule has 0 saturated carbocycles. The zero-order valence-corrected chi connectivity index (χ0v) is 14.3. The molecule has 0 atom stereocenters. The zero-order chi connectivity index (χ0) is 14.8. The van der Waals surface area contributed by atoms with Crippen molar-refractivity contribution in [1.29, 1.82) is 0 Å². The molecule has 1 rings (SSSR count). The Balaban J connectivity index is 2.22. The van der Waals surface area contributed by atoms with Crippen LogP contribution in [0.3, 0.4) is 0 Å². The third-order valence-electron chi connectivity index (χ3n) is 3.60. The largest absolute Gasteiger partial charge is 0.349 e. The normalized spacial score (nSPS) is 11.2. The first-order valence-corrected chi connectivity index (χ1v) is 8.69. The lowest BCUT2D eigenvalue weighted by atomic mass is 10.3. The molecule has 1 heterocycles. The van der Waals surface area contributed by atoms with Crippen molar-refractivity contribution in [2.24, 2.45) is 0 Å². The number of nitrogens with one attached hydrogen (secondary N) is 1. The molecule has 5 heteroatoms. The van der Waals surface area contributed by atoms with E-state index in [4.69, 9.17) is 0 Å². The van der Waals surface area contributed by atoms with Crippen molar-refractivity contribution in [2.45, 2.75) is 40.7 Å². The zero-order valence-electron chi connectivity index (χ0n) is 13.5. The van der Waals surface area contributed by atoms with Gasteiger partial charge in [0.25, 0.3) is 0 Å². The molecule has 0 aromatic carbocycles. The van der Waals surface area contributed by atoms with E-state index in [1.54, 1.807) is 11.3 Å². The van der Waals surface area contributed by atoms with Gasteiger partial charge < -0.3 is 15.1 Å². The third kappa shape index (κ3) is 5.77. The van der Waals surface area contributed by atoms with Gasteiger partial charge in [-0.25, -0.2) is 4.98 Å². The summed E-state index contributed by atoms with van der Waals surface area (Å²) in [5, 5.41) is 4.67. The first kappa shape index (κ1) is 17.4. The van der Waals surface area contributed by atoms with Crippen molar-refractivity contribution in [3.63, 3.8) is 0 Å². The smallest absolute Gasteiger partial charge is 0.185 e. The van der Waals surface area contributed by atoms with Crippen LogP contribution in [0.2, 0.25) is 0 Å². The molecule has 0 bridgehead atoms. The molecule has 0 radical (unpaired) electrons. The summed E-state index contributed by atoms with van der Waals surface area (Å²) >= 11 is 1.81. The Kier molecular flexibility index (Phi) is 8.82. The monoisotopic (exact) mass is 298 g/mol. The molecule has 1 aromatic rings. The Morgan fingerprint density at radius 3 is 2.40 bits per heavy atom. The Bertz CT molecular complexity index is 345. The molecule has 116 valence electrons. The van der Waals surface area contributed by atoms with E-state index in [-0.39, 0.29) is 0 Å². The second kappa shape index (κ2) is 10.1. The second-order valence-electron chi connectivity index (χ2n) is 4.84. The van der Waals surface area contributed by atoms with E-state index in [2.05, 4.69) is 47.8 Å². The van der Waals surface area contributed by atoms with Crippen LogP contribution in [0.4, 0.5) is 5.13 Å². The number of rotatable bonds is 11. The molecular weight excluding hydrogens is 268 g/mol. The second-order valence-corrected chi connectivity index (χ2v) is 5.93. The lowest BCUT2D eigenvalue weighted by Crippen LogP contribution is -2.27. The molecule has 0 unspecified atom stereocenters. The minimum Gasteiger partial charge on any atom is -0.349 e. The lowest BCUT2D eigenvalue weighted by Gasteiger charge is -2.17. The number of thiazole rings is 1. The van der Waals surface area contributed by atoms with E-state index >= 15 is 0 Å². The molecule has 0 fully saturated rings. The van der Waals surface area contributed by atoms with Gasteiger partial charge in [0.05, 0.1) is 0 Å². The number of hydrogen-bond acceptors (Lipinski definition) is 5. The SMILES string of the molecule is CCN(CC)CCCNCc1cnc(N(CC)CC)s1. The minimum atomic E-state index is 0.942. The number of anilines is 1. The highest BCUT2D eigenvalue weighted by Gasteiger charge is 2.07. The molecule has 20 heavy (non-hydrogen) atoms. The van der Waals surface area contributed by atoms with Crippen LogP contribution >= 0.6 is 11.3 Å². The van der Waals surface area contributed by atoms with Crippen molar-refractivity contribution in [3.8, 4) is 0 Å². The van der Waals surface area contributed by atoms with Gasteiger partial charge in [-0.3, -0.25) is 0 Å². The van der Waals surface area contributed by atoms with Gasteiger partial charge in [0.2, 0.25) is 0 Å². The first-order chi connectivity index (χ1) is 9.74. The predicted molar refractivity (Wildman–Crippen MR) is 89.8 cm³/mol. The third-order valence-corrected chi connectivity index (χ3v) is 4.65. The Hall–Kier alpha value is -0.650. The van der Waals surface area contributed by atoms with Crippen LogP contribution in [-0.2, 0) is 6.54 Å². The van der Waals surface area contributed by atoms with Gasteiger partial charge in [0, 0.05) is 30.7 Å². The van der Waals surface area contributed by atoms with Crippen molar-refractivity contribution in [3.05, 3.63) is 11.1 Å². The van der Waals surface area contributed by atoms with Crippen LogP contribution < -0.4 is 10.2 Å². The highest BCUT2D eigenvalue weighted by Crippen LogP contribution is 2.21. The van der Waals surface area contributed by atoms with Gasteiger partial charge in [-0.1, -0.05) is 13.8 Å². The number of aromatic nitrogens is 1. The fraction of sp³-hybridized carbons (Fsp3) is 0.800. The van der Waals surface area contributed by atoms with Crippen molar-refractivity contribution in [1.82, 2.24) is 15.2 Å². The Labute approximate surface area is 128 Å². The van der Waals surface area contributed by atoms with Crippen molar-refractivity contribution < 1.29 is 0 Å². The van der Waals surface area contributed by atoms with Crippen LogP contribution in [0.5, 0.6) is 0 Å². The average Bonchev–Trinajstić information content (AvgIpc) is 2.93. The molecule has 0 aliphatic carbocycles. The molecule has 0 amide bonds. The number of hydrogen-bond donors (Lipinski definition) is 1. The van der Waals surface area contributed by atoms with Gasteiger partial charge in [-0.15, -0.1) is 11.3 Å². The molecule has 1 aromatic heterocycles. The first-order valence-electron chi connectivity index (χ1n) is 7.87. The van der Waals surface area contributed by atoms with E-state index < -0.39 is 0 Å². The highest BCUT2D eigenvalue weighted by atomic mass is 32.1. The van der Waals surface area contributed by atoms with Gasteiger partial charge in [-0.05, 0) is 46.4 Å². The topological polar surface area (TPSA) is 31.4 Å². The standard InChI is InChI=1S/C15H30N4S/c1-5-18(6-2)11-9-10-16-12-14-13-17-15(20-14)19(7-3)8-4/h13,16H,5-12H2,1-4H3. The molecule has 0 saturated heterocycles. The maximum atomic E-state index is 4.51. The summed E-state index contributed by atoms with van der Waals surface area (Å²) < 4.78 is 0. The fourth-order valence-electron chi connectivity index (χ4n) is 2.20. The predicted octanol–water partition coefficient (Wildman–Crippen LogP) is 2.81. The van der Waals surface area contributed by atoms with Crippen LogP contribution in [0.15, 0.2) is 6.20 Å². The maximum absolute atomic E-state index is 4.51. The molecule has 0 spiro atoms. The Morgan fingerprint density at radius 1 is 1.10 bits per heavy atom. The van der Waals surface area contributed by atoms with Crippen LogP contribution in [0.25, 0.3) is 0 Å². The molecular formula is C15H30N4S. The summed E-state index contributed by atoms with van der Waals surface area (Å²) in [5.41, 5.74) is 0. The summed E-state index contributed by atoms with van der Waals surface area (Å²) in [4.78, 5) is 10.6. The van der Waals surface area contributed by atoms with Crippen LogP contribution in [-0.4, -0.2) is 49.2 Å². The van der Waals surface area contributed by atoms with E-state index in [1.807, 2.05) is 6.20 Å². The van der Waals surface area contributed by atoms with E-state index in [0.29, 0.717) is 0 Å². The van der Waals surface area contributed by atoms with E-state index in [9.17, 15) is 0 Å². The number of nitrogens with zero attached hydrogens (tertiary/aromatic N) is 3. The lowest BCUT2D eigenvalue weighted by molar-refractivity contribution is 0.298. The van der Waals surface area contributed by atoms with Crippen LogP contribution in [0, 0.1) is 0 Å². The van der Waals surface area contributed by atoms with Crippen LogP contribution in [0.1, 0.15) is 39.0 Å². The molecule has 4 nitrogen and oxygen atoms in total. The molecule has 0 aliphatic rings. The summed E-state index contributed by atoms with van der Waals surface area (Å²) in [6, 6.07) is 0. The Morgan fingerprint density at radius 2 is 1.80 bits per heavy atom. The van der Waals surface area contributed by atoms with Crippen molar-refractivity contribution in [2.75, 3.05) is 44.2 Å². The van der Waals surface area contributed by atoms with E-state index in [0.717, 1.165) is 44.4 Å². The van der Waals surface area contributed by atoms with Gasteiger partial charge in [0.15, 0.2) is 5.13 Å². The maximum Gasteiger partial charge on any atom is 0.185 e. The summed E-state index contributed by atoms with van der Waals surface area (Å²) in [6.45, 7) is 16.4. The van der Waals surface area contributed by atoms with Crippen molar-refractivity contribution >= 4 is 16.5 Å². The summed E-state index contributed by atoms with van der Waals surface area (Å²) in [6.07, 6.45) is 3.22. The highest BCUT2D eigenvalue weighted by molar-refractivity contribution is 7.15. The van der Waals surface area contributed by atoms with E-state index in [1.165, 1.54) is 17.8 Å². The average molecular weight is 298 g/mol. The van der Waals surface area contributed by atoms with Gasteiger partial charge >= 0.3 is 0 Å².